The summed E-state index contributed by atoms with van der Waals surface area (Å²) in [6.07, 6.45) is 1.95. The standard InChI is InChI=1S/C10H12N4O4/c1-17-9-6(11)5-3-13(15)4-14(16)8(5)7(12)10(9)18-2/h3-4H,11-12H2,1-2H3. The molecular formula is C10H12N4O4. The average molecular weight is 252 g/mol. The second-order valence-corrected chi connectivity index (χ2v) is 3.59. The summed E-state index contributed by atoms with van der Waals surface area (Å²) in [5, 5.41) is 23.2. The van der Waals surface area contributed by atoms with Crippen molar-refractivity contribution in [1.29, 1.82) is 0 Å². The largest absolute Gasteiger partial charge is 0.614 e. The van der Waals surface area contributed by atoms with Gasteiger partial charge < -0.3 is 31.4 Å². The quantitative estimate of drug-likeness (QED) is 0.413. The number of anilines is 2. The van der Waals surface area contributed by atoms with Gasteiger partial charge in [0.2, 0.25) is 6.20 Å². The zero-order valence-electron chi connectivity index (χ0n) is 9.84. The topological polar surface area (TPSA) is 124 Å². The maximum Gasteiger partial charge on any atom is 0.430 e. The summed E-state index contributed by atoms with van der Waals surface area (Å²) in [5.41, 5.74) is 11.9. The molecule has 0 saturated carbocycles. The van der Waals surface area contributed by atoms with Gasteiger partial charge in [-0.25, -0.2) is 0 Å². The van der Waals surface area contributed by atoms with Crippen molar-refractivity contribution in [2.45, 2.75) is 0 Å². The third-order valence-corrected chi connectivity index (χ3v) is 2.60. The van der Waals surface area contributed by atoms with Crippen LogP contribution in [0.15, 0.2) is 12.5 Å². The minimum atomic E-state index is 0.0640. The first-order valence-electron chi connectivity index (χ1n) is 4.95. The minimum absolute atomic E-state index is 0.0640. The molecule has 0 aliphatic heterocycles. The highest BCUT2D eigenvalue weighted by atomic mass is 16.5. The van der Waals surface area contributed by atoms with Gasteiger partial charge >= 0.3 is 6.33 Å². The summed E-state index contributed by atoms with van der Waals surface area (Å²) in [6, 6.07) is 0. The smallest absolute Gasteiger partial charge is 0.430 e. The fraction of sp³-hybridized carbons (Fsp3) is 0.200. The predicted molar refractivity (Wildman–Crippen MR) is 63.8 cm³/mol. The first kappa shape index (κ1) is 11.8. The van der Waals surface area contributed by atoms with E-state index in [-0.39, 0.29) is 33.8 Å². The highest BCUT2D eigenvalue weighted by Crippen LogP contribution is 2.43. The molecule has 2 rings (SSSR count). The van der Waals surface area contributed by atoms with Crippen LogP contribution in [-0.2, 0) is 0 Å². The van der Waals surface area contributed by atoms with Gasteiger partial charge in [-0.1, -0.05) is 0 Å². The Balaban J connectivity index is 3.02. The van der Waals surface area contributed by atoms with E-state index in [1.807, 2.05) is 0 Å². The molecular weight excluding hydrogens is 240 g/mol. The summed E-state index contributed by atoms with van der Waals surface area (Å²) in [7, 11) is 2.77. The van der Waals surface area contributed by atoms with Gasteiger partial charge in [-0.2, -0.15) is 0 Å². The van der Waals surface area contributed by atoms with Gasteiger partial charge in [-0.05, 0) is 0 Å². The number of aromatic nitrogens is 2. The number of nitrogens with two attached hydrogens (primary N) is 2. The van der Waals surface area contributed by atoms with Crippen molar-refractivity contribution in [2.24, 2.45) is 0 Å². The van der Waals surface area contributed by atoms with Crippen molar-refractivity contribution >= 4 is 22.3 Å². The number of benzene rings is 1. The van der Waals surface area contributed by atoms with Crippen molar-refractivity contribution < 1.29 is 18.9 Å². The lowest BCUT2D eigenvalue weighted by Gasteiger charge is -2.14. The number of hydrogen-bond acceptors (Lipinski definition) is 6. The Hall–Kier alpha value is -2.64. The number of hydrogen-bond donors (Lipinski definition) is 2. The Morgan fingerprint density at radius 3 is 2.17 bits per heavy atom. The number of nitrogens with zero attached hydrogens (tertiary/aromatic N) is 2. The Kier molecular flexibility index (Phi) is 2.62. The lowest BCUT2D eigenvalue weighted by Crippen LogP contribution is -2.41. The van der Waals surface area contributed by atoms with Crippen molar-refractivity contribution in [3.05, 3.63) is 22.9 Å². The molecule has 0 radical (unpaired) electrons. The average Bonchev–Trinajstić information content (AvgIpc) is 2.32. The number of methoxy groups -OCH3 is 2. The van der Waals surface area contributed by atoms with E-state index in [4.69, 9.17) is 20.9 Å². The fourth-order valence-electron chi connectivity index (χ4n) is 1.84. The van der Waals surface area contributed by atoms with Gasteiger partial charge in [0.15, 0.2) is 17.2 Å². The van der Waals surface area contributed by atoms with Crippen LogP contribution in [0.25, 0.3) is 10.9 Å². The van der Waals surface area contributed by atoms with E-state index < -0.39 is 0 Å². The first-order valence-corrected chi connectivity index (χ1v) is 4.95. The van der Waals surface area contributed by atoms with Crippen LogP contribution in [0.2, 0.25) is 0 Å². The summed E-state index contributed by atoms with van der Waals surface area (Å²) >= 11 is 0. The van der Waals surface area contributed by atoms with Gasteiger partial charge in [-0.15, -0.1) is 9.46 Å². The molecule has 0 bridgehead atoms. The molecule has 1 heterocycles. The Morgan fingerprint density at radius 2 is 1.61 bits per heavy atom. The van der Waals surface area contributed by atoms with Gasteiger partial charge in [0.1, 0.15) is 5.39 Å². The molecule has 0 unspecified atom stereocenters. The zero-order valence-corrected chi connectivity index (χ0v) is 9.84. The van der Waals surface area contributed by atoms with Gasteiger partial charge in [0.25, 0.3) is 5.52 Å². The number of fused-ring (bicyclic) bond motifs is 1. The normalized spacial score (nSPS) is 10.6. The van der Waals surface area contributed by atoms with E-state index in [9.17, 15) is 10.4 Å². The molecule has 1 aromatic heterocycles. The van der Waals surface area contributed by atoms with Crippen molar-refractivity contribution in [2.75, 3.05) is 25.7 Å². The highest BCUT2D eigenvalue weighted by Gasteiger charge is 2.25. The maximum atomic E-state index is 11.7. The predicted octanol–water partition coefficient (Wildman–Crippen LogP) is -0.712. The van der Waals surface area contributed by atoms with Crippen LogP contribution < -0.4 is 30.4 Å². The van der Waals surface area contributed by atoms with Crippen LogP contribution in [-0.4, -0.2) is 14.2 Å². The van der Waals surface area contributed by atoms with E-state index in [1.165, 1.54) is 14.2 Å². The highest BCUT2D eigenvalue weighted by molar-refractivity contribution is 6.01. The van der Waals surface area contributed by atoms with E-state index in [0.29, 0.717) is 9.46 Å². The molecule has 0 aliphatic rings. The Morgan fingerprint density at radius 1 is 1.06 bits per heavy atom. The minimum Gasteiger partial charge on any atom is -0.614 e. The molecule has 96 valence electrons. The Bertz CT molecular complexity index is 629. The van der Waals surface area contributed by atoms with Crippen molar-refractivity contribution in [1.82, 2.24) is 0 Å². The monoisotopic (exact) mass is 252 g/mol. The van der Waals surface area contributed by atoms with Crippen LogP contribution in [0.5, 0.6) is 11.5 Å². The van der Waals surface area contributed by atoms with Crippen LogP contribution >= 0.6 is 0 Å². The van der Waals surface area contributed by atoms with E-state index in [1.54, 1.807) is 0 Å². The molecule has 0 atom stereocenters. The molecule has 0 amide bonds. The first-order chi connectivity index (χ1) is 8.51. The van der Waals surface area contributed by atoms with Crippen LogP contribution in [0.3, 0.4) is 0 Å². The molecule has 8 heteroatoms. The van der Waals surface area contributed by atoms with Gasteiger partial charge in [0, 0.05) is 0 Å². The van der Waals surface area contributed by atoms with E-state index in [2.05, 4.69) is 0 Å². The summed E-state index contributed by atoms with van der Waals surface area (Å²) in [4.78, 5) is 0. The molecule has 4 N–H and O–H groups in total. The number of nitrogen functional groups attached to an aromatic ring is 2. The van der Waals surface area contributed by atoms with Gasteiger partial charge in [0.05, 0.1) is 19.9 Å². The summed E-state index contributed by atoms with van der Waals surface area (Å²) < 4.78 is 10.8. The molecule has 1 aromatic carbocycles. The molecule has 18 heavy (non-hydrogen) atoms. The lowest BCUT2D eigenvalue weighted by molar-refractivity contribution is -0.730. The summed E-state index contributed by atoms with van der Waals surface area (Å²) in [5.74, 6) is 0.351. The molecule has 0 saturated heterocycles. The van der Waals surface area contributed by atoms with Crippen molar-refractivity contribution in [3.8, 4) is 11.5 Å². The maximum absolute atomic E-state index is 11.7. The van der Waals surface area contributed by atoms with E-state index in [0.717, 1.165) is 12.5 Å². The summed E-state index contributed by atoms with van der Waals surface area (Å²) in [6.45, 7) is 0. The van der Waals surface area contributed by atoms with Gasteiger partial charge in [-0.3, -0.25) is 0 Å². The SMILES string of the molecule is COc1c(OC)c(N)c2c(c[n+]([O-])c[n+]2[O-])c1N. The van der Waals surface area contributed by atoms with Crippen LogP contribution in [0.1, 0.15) is 0 Å². The van der Waals surface area contributed by atoms with Crippen LogP contribution in [0, 0.1) is 10.4 Å². The second kappa shape index (κ2) is 3.99. The zero-order chi connectivity index (χ0) is 13.4. The molecule has 2 aromatic rings. The third-order valence-electron chi connectivity index (χ3n) is 2.60. The number of ether oxygens (including phenoxy) is 2. The fourth-order valence-corrected chi connectivity index (χ4v) is 1.84. The molecule has 0 fully saturated rings. The Labute approximate surface area is 102 Å². The molecule has 0 spiro atoms. The third kappa shape index (κ3) is 1.46. The van der Waals surface area contributed by atoms with Crippen LogP contribution in [0.4, 0.5) is 11.4 Å². The van der Waals surface area contributed by atoms with Crippen molar-refractivity contribution in [3.63, 3.8) is 0 Å². The number of rotatable bonds is 2. The second-order valence-electron chi connectivity index (χ2n) is 3.59. The lowest BCUT2D eigenvalue weighted by atomic mass is 10.1. The molecule has 8 nitrogen and oxygen atoms in total. The van der Waals surface area contributed by atoms with E-state index >= 15 is 0 Å². The molecule has 0 aliphatic carbocycles.